The van der Waals surface area contributed by atoms with E-state index in [0.717, 1.165) is 15.7 Å². The smallest absolute Gasteiger partial charge is 0.203 e. The Kier molecular flexibility index (Phi) is 4.27. The number of alkyl halides is 1. The first-order valence-corrected chi connectivity index (χ1v) is 7.82. The number of rotatable bonds is 3. The van der Waals surface area contributed by atoms with E-state index < -0.39 is 5.62 Å². The van der Waals surface area contributed by atoms with Gasteiger partial charge in [0.05, 0.1) is 5.03 Å². The van der Waals surface area contributed by atoms with E-state index in [0.29, 0.717) is 0 Å². The molecule has 1 aromatic heterocycles. The highest BCUT2D eigenvalue weighted by atomic mass is 35.5. The Morgan fingerprint density at radius 1 is 1.14 bits per heavy atom. The quantitative estimate of drug-likeness (QED) is 0.619. The number of nitrogens with zero attached hydrogens (tertiary/aromatic N) is 3. The summed E-state index contributed by atoms with van der Waals surface area (Å²) in [6, 6.07) is 14.2. The Balaban J connectivity index is 1.89. The molecule has 0 radical (unpaired) electrons. The van der Waals surface area contributed by atoms with Gasteiger partial charge in [0.2, 0.25) is 5.62 Å². The predicted molar refractivity (Wildman–Crippen MR) is 90.0 cm³/mol. The summed E-state index contributed by atoms with van der Waals surface area (Å²) in [6.45, 7) is 2.08. The van der Waals surface area contributed by atoms with Gasteiger partial charge in [0.25, 0.3) is 0 Å². The average Bonchev–Trinajstić information content (AvgIpc) is 2.51. The third kappa shape index (κ3) is 3.28. The molecule has 0 fully saturated rings. The SMILES string of the molecule is Cc1ccc(SC2=CC=NC(Cl)N2c2ccccn2)cc1. The van der Waals surface area contributed by atoms with E-state index in [9.17, 15) is 0 Å². The van der Waals surface area contributed by atoms with E-state index in [1.165, 1.54) is 5.56 Å². The molecule has 0 bridgehead atoms. The summed E-state index contributed by atoms with van der Waals surface area (Å²) in [7, 11) is 0. The van der Waals surface area contributed by atoms with E-state index in [1.807, 2.05) is 29.2 Å². The number of thioether (sulfide) groups is 1. The van der Waals surface area contributed by atoms with Crippen LogP contribution in [0.2, 0.25) is 0 Å². The van der Waals surface area contributed by atoms with Crippen molar-refractivity contribution in [3.63, 3.8) is 0 Å². The Hall–Kier alpha value is -1.78. The molecule has 2 aromatic rings. The number of aryl methyl sites for hydroxylation is 1. The Morgan fingerprint density at radius 2 is 1.95 bits per heavy atom. The zero-order valence-corrected chi connectivity index (χ0v) is 13.1. The molecule has 3 nitrogen and oxygen atoms in total. The number of aliphatic imine (C=N–C) groups is 1. The van der Waals surface area contributed by atoms with Crippen LogP contribution in [0.15, 0.2) is 69.7 Å². The van der Waals surface area contributed by atoms with Crippen molar-refractivity contribution in [1.82, 2.24) is 4.98 Å². The van der Waals surface area contributed by atoms with Gasteiger partial charge in [-0.05, 0) is 37.3 Å². The number of halogens is 1. The highest BCUT2D eigenvalue weighted by molar-refractivity contribution is 8.03. The van der Waals surface area contributed by atoms with Crippen molar-refractivity contribution >= 4 is 35.4 Å². The van der Waals surface area contributed by atoms with E-state index in [-0.39, 0.29) is 0 Å². The van der Waals surface area contributed by atoms with Crippen molar-refractivity contribution in [2.75, 3.05) is 4.90 Å². The van der Waals surface area contributed by atoms with Crippen LogP contribution in [0.3, 0.4) is 0 Å². The summed E-state index contributed by atoms with van der Waals surface area (Å²) in [5.74, 6) is 0.792. The lowest BCUT2D eigenvalue weighted by Gasteiger charge is -2.29. The lowest BCUT2D eigenvalue weighted by molar-refractivity contribution is 0.865. The molecule has 3 rings (SSSR count). The molecule has 5 heteroatoms. The van der Waals surface area contributed by atoms with Gasteiger partial charge in [0.15, 0.2) is 0 Å². The average molecular weight is 316 g/mol. The van der Waals surface area contributed by atoms with Crippen LogP contribution in [-0.4, -0.2) is 16.8 Å². The second-order valence-electron chi connectivity index (χ2n) is 4.59. The van der Waals surface area contributed by atoms with Crippen molar-refractivity contribution in [3.05, 3.63) is 65.3 Å². The standard InChI is InChI=1S/C16H14ClN3S/c1-12-5-7-13(8-6-12)21-15-9-11-19-16(17)20(15)14-4-2-3-10-18-14/h2-11,16H,1H3. The molecule has 0 saturated carbocycles. The van der Waals surface area contributed by atoms with Crippen LogP contribution in [-0.2, 0) is 0 Å². The number of hydrogen-bond acceptors (Lipinski definition) is 4. The Morgan fingerprint density at radius 3 is 2.67 bits per heavy atom. The van der Waals surface area contributed by atoms with Gasteiger partial charge in [0, 0.05) is 17.3 Å². The van der Waals surface area contributed by atoms with Gasteiger partial charge in [-0.15, -0.1) is 0 Å². The first-order chi connectivity index (χ1) is 10.2. The predicted octanol–water partition coefficient (Wildman–Crippen LogP) is 4.44. The van der Waals surface area contributed by atoms with Gasteiger partial charge in [-0.2, -0.15) is 0 Å². The fourth-order valence-corrected chi connectivity index (χ4v) is 3.22. The molecule has 21 heavy (non-hydrogen) atoms. The van der Waals surface area contributed by atoms with Gasteiger partial charge < -0.3 is 0 Å². The minimum absolute atomic E-state index is 0.474. The molecule has 1 aliphatic rings. The second-order valence-corrected chi connectivity index (χ2v) is 6.07. The maximum Gasteiger partial charge on any atom is 0.203 e. The normalized spacial score (nSPS) is 17.7. The van der Waals surface area contributed by atoms with Crippen LogP contribution in [0.4, 0.5) is 5.82 Å². The summed E-state index contributed by atoms with van der Waals surface area (Å²) in [4.78, 5) is 11.7. The summed E-state index contributed by atoms with van der Waals surface area (Å²) < 4.78 is 0. The summed E-state index contributed by atoms with van der Waals surface area (Å²) in [5, 5.41) is 1.01. The van der Waals surface area contributed by atoms with Crippen LogP contribution in [0.25, 0.3) is 0 Å². The molecular formula is C16H14ClN3S. The lowest BCUT2D eigenvalue weighted by atomic mass is 10.2. The fraction of sp³-hybridized carbons (Fsp3) is 0.125. The van der Waals surface area contributed by atoms with Gasteiger partial charge in [0.1, 0.15) is 5.82 Å². The van der Waals surface area contributed by atoms with Crippen molar-refractivity contribution in [2.24, 2.45) is 4.99 Å². The number of allylic oxidation sites excluding steroid dienone is 1. The first kappa shape index (κ1) is 14.2. The lowest BCUT2D eigenvalue weighted by Crippen LogP contribution is -2.31. The summed E-state index contributed by atoms with van der Waals surface area (Å²) in [6.07, 6.45) is 5.46. The van der Waals surface area contributed by atoms with Crippen molar-refractivity contribution < 1.29 is 0 Å². The van der Waals surface area contributed by atoms with Crippen molar-refractivity contribution in [1.29, 1.82) is 0 Å². The highest BCUT2D eigenvalue weighted by Crippen LogP contribution is 2.35. The number of aromatic nitrogens is 1. The van der Waals surface area contributed by atoms with Gasteiger partial charge >= 0.3 is 0 Å². The molecule has 1 aromatic carbocycles. The van der Waals surface area contributed by atoms with Gasteiger partial charge in [-0.1, -0.05) is 47.1 Å². The van der Waals surface area contributed by atoms with Crippen LogP contribution < -0.4 is 4.90 Å². The summed E-state index contributed by atoms with van der Waals surface area (Å²) >= 11 is 7.99. The number of pyridine rings is 1. The first-order valence-electron chi connectivity index (χ1n) is 6.56. The molecule has 0 saturated heterocycles. The number of anilines is 1. The van der Waals surface area contributed by atoms with Gasteiger partial charge in [-0.3, -0.25) is 9.89 Å². The van der Waals surface area contributed by atoms with Gasteiger partial charge in [-0.25, -0.2) is 4.98 Å². The van der Waals surface area contributed by atoms with E-state index in [1.54, 1.807) is 24.2 Å². The minimum atomic E-state index is -0.474. The van der Waals surface area contributed by atoms with Crippen LogP contribution in [0.1, 0.15) is 5.56 Å². The molecular weight excluding hydrogens is 302 g/mol. The maximum atomic E-state index is 6.34. The zero-order chi connectivity index (χ0) is 14.7. The molecule has 0 aliphatic carbocycles. The zero-order valence-electron chi connectivity index (χ0n) is 11.5. The van der Waals surface area contributed by atoms with Crippen LogP contribution in [0.5, 0.6) is 0 Å². The Labute approximate surface area is 133 Å². The topological polar surface area (TPSA) is 28.5 Å². The molecule has 1 atom stereocenters. The van der Waals surface area contributed by atoms with Crippen LogP contribution in [0, 0.1) is 6.92 Å². The molecule has 0 N–H and O–H groups in total. The molecule has 106 valence electrons. The number of hydrogen-bond donors (Lipinski definition) is 0. The van der Waals surface area contributed by atoms with E-state index in [2.05, 4.69) is 41.2 Å². The van der Waals surface area contributed by atoms with E-state index in [4.69, 9.17) is 11.6 Å². The van der Waals surface area contributed by atoms with E-state index >= 15 is 0 Å². The Bertz CT molecular complexity index is 668. The largest absolute Gasteiger partial charge is 0.284 e. The van der Waals surface area contributed by atoms with Crippen LogP contribution >= 0.6 is 23.4 Å². The summed E-state index contributed by atoms with van der Waals surface area (Å²) in [5.41, 5.74) is 0.771. The highest BCUT2D eigenvalue weighted by Gasteiger charge is 2.23. The second kappa shape index (κ2) is 6.33. The molecule has 0 amide bonds. The maximum absolute atomic E-state index is 6.34. The third-order valence-electron chi connectivity index (χ3n) is 3.02. The van der Waals surface area contributed by atoms with Crippen molar-refractivity contribution in [3.8, 4) is 0 Å². The molecule has 1 aliphatic heterocycles. The van der Waals surface area contributed by atoms with Crippen molar-refractivity contribution in [2.45, 2.75) is 17.4 Å². The molecule has 1 unspecified atom stereocenters. The third-order valence-corrected chi connectivity index (χ3v) is 4.37. The minimum Gasteiger partial charge on any atom is -0.284 e. The molecule has 2 heterocycles. The number of benzene rings is 1. The molecule has 0 spiro atoms. The monoisotopic (exact) mass is 315 g/mol. The fourth-order valence-electron chi connectivity index (χ4n) is 1.96.